The maximum absolute atomic E-state index is 14.4. The van der Waals surface area contributed by atoms with Gasteiger partial charge in [0.1, 0.15) is 18.3 Å². The molecule has 5 aliphatic rings. The van der Waals surface area contributed by atoms with Crippen molar-refractivity contribution in [1.82, 2.24) is 0 Å². The molecule has 0 saturated heterocycles. The lowest BCUT2D eigenvalue weighted by Crippen LogP contribution is -2.52. The Morgan fingerprint density at radius 3 is 1.62 bits per heavy atom. The Labute approximate surface area is 429 Å². The first kappa shape index (κ1) is 51.7. The number of esters is 6. The van der Waals surface area contributed by atoms with E-state index in [0.29, 0.717) is 30.3 Å². The van der Waals surface area contributed by atoms with E-state index in [1.54, 1.807) is 0 Å². The molecule has 6 atom stereocenters. The summed E-state index contributed by atoms with van der Waals surface area (Å²) in [5.41, 5.74) is -8.33. The van der Waals surface area contributed by atoms with Crippen molar-refractivity contribution in [3.05, 3.63) is 110 Å². The van der Waals surface area contributed by atoms with Crippen molar-refractivity contribution in [2.45, 2.75) is 36.6 Å². The molecule has 78 heavy (non-hydrogen) atoms. The summed E-state index contributed by atoms with van der Waals surface area (Å²) >= 11 is 0. The molecule has 30 nitrogen and oxygen atoms in total. The van der Waals surface area contributed by atoms with E-state index in [1.807, 2.05) is 0 Å². The fourth-order valence-corrected chi connectivity index (χ4v) is 8.54. The Hall–Kier alpha value is -11.2. The van der Waals surface area contributed by atoms with Crippen LogP contribution in [0, 0.1) is 0 Å². The molecule has 0 amide bonds. The Kier molecular flexibility index (Phi) is 12.4. The molecule has 4 aromatic carbocycles. The predicted molar refractivity (Wildman–Crippen MR) is 240 cm³/mol. The maximum Gasteiger partial charge on any atom is 0.343 e. The number of aldehydes is 1. The van der Waals surface area contributed by atoms with E-state index < -0.39 is 228 Å². The van der Waals surface area contributed by atoms with Crippen LogP contribution in [-0.2, 0) is 42.8 Å². The summed E-state index contributed by atoms with van der Waals surface area (Å²) in [6.45, 7) is -1.47. The second-order valence-electron chi connectivity index (χ2n) is 16.9. The van der Waals surface area contributed by atoms with Crippen LogP contribution in [0.15, 0.2) is 87.8 Å². The number of phenols is 12. The van der Waals surface area contributed by atoms with Gasteiger partial charge in [0.25, 0.3) is 0 Å². The predicted octanol–water partition coefficient (Wildman–Crippen LogP) is 1.03. The smallest absolute Gasteiger partial charge is 0.343 e. The lowest BCUT2D eigenvalue weighted by molar-refractivity contribution is -0.149. The summed E-state index contributed by atoms with van der Waals surface area (Å²) in [5, 5.41) is 170. The SMILES string of the molecule is O=CC(OC(=O)c1cc(O)c(O)c(O)c1OC1=C(O)C2OC(=O)C3=CC(O)=C(O)C4OC(=O)C(=C1)C2=C34)C(OC(=O)c1cc(O)c(O)c(O)c1)C1OC(=O)c2cc(O)c(O)c(O)c2-c2c(cc(O)c(O)c2O)C(=O)OCC1O. The normalized spacial score (nSPS) is 20.4. The lowest BCUT2D eigenvalue weighted by atomic mass is 9.78. The second-order valence-corrected chi connectivity index (χ2v) is 16.9. The van der Waals surface area contributed by atoms with Crippen molar-refractivity contribution in [3.63, 3.8) is 0 Å². The molecular formula is C48H32O30. The number of phenolic OH excluding ortho intramolecular Hbond substituents is 12. The molecule has 3 aliphatic heterocycles. The number of cyclic esters (lactones) is 2. The number of carbonyl (C=O) groups is 7. The van der Waals surface area contributed by atoms with Gasteiger partial charge in [-0.05, 0) is 36.4 Å². The van der Waals surface area contributed by atoms with E-state index in [1.165, 1.54) is 0 Å². The van der Waals surface area contributed by atoms with Crippen molar-refractivity contribution in [3.8, 4) is 85.9 Å². The van der Waals surface area contributed by atoms with E-state index in [2.05, 4.69) is 0 Å². The monoisotopic (exact) mass is 1090 g/mol. The molecule has 3 heterocycles. The molecule has 0 fully saturated rings. The molecule has 0 bridgehead atoms. The molecule has 0 saturated carbocycles. The van der Waals surface area contributed by atoms with Crippen LogP contribution in [0.25, 0.3) is 11.1 Å². The summed E-state index contributed by atoms with van der Waals surface area (Å²) in [4.78, 5) is 96.0. The number of fused-ring (bicyclic) bond motifs is 3. The third-order valence-electron chi connectivity index (χ3n) is 12.3. The van der Waals surface area contributed by atoms with Gasteiger partial charge in [-0.25, -0.2) is 28.8 Å². The van der Waals surface area contributed by atoms with Gasteiger partial charge in [0.05, 0.1) is 27.8 Å². The minimum Gasteiger partial charge on any atom is -0.505 e. The van der Waals surface area contributed by atoms with E-state index in [9.17, 15) is 115 Å². The zero-order valence-corrected chi connectivity index (χ0v) is 38.2. The van der Waals surface area contributed by atoms with Crippen LogP contribution in [0.4, 0.5) is 0 Å². The average molecular weight is 1090 g/mol. The molecular weight excluding hydrogens is 1060 g/mol. The van der Waals surface area contributed by atoms with Crippen LogP contribution in [0.5, 0.6) is 74.7 Å². The summed E-state index contributed by atoms with van der Waals surface area (Å²) in [6.07, 6.45) is -13.9. The van der Waals surface area contributed by atoms with Gasteiger partial charge in [-0.15, -0.1) is 0 Å². The quantitative estimate of drug-likeness (QED) is 0.0482. The van der Waals surface area contributed by atoms with Gasteiger partial charge in [0.15, 0.2) is 112 Å². The molecule has 0 radical (unpaired) electrons. The standard InChI is InChI=1S/C48H32O30/c49-8-24(74-48(71)15-6-20(54)32(60)37(65)38(15)73-23-7-14-28-27-13(46(69)78-42(28)34(23)62)5-21(55)33(61)41(27)77-47(14)70)40(76-43(66)10-1-16(50)29(57)17(51)2-10)39-22(56)9-72-44(67)11-3-18(52)30(58)35(63)25(11)26-12(45(68)75-39)4-19(53)31(59)36(26)64/h1-8,22,24,39-42,50-65H,9H2. The highest BCUT2D eigenvalue weighted by atomic mass is 16.6. The number of rotatable bonds is 9. The number of hydrogen-bond acceptors (Lipinski definition) is 30. The van der Waals surface area contributed by atoms with Crippen LogP contribution in [0.1, 0.15) is 41.4 Å². The molecule has 16 N–H and O–H groups in total. The van der Waals surface area contributed by atoms with Gasteiger partial charge >= 0.3 is 35.8 Å². The van der Waals surface area contributed by atoms with E-state index in [-0.39, 0.29) is 17.2 Å². The van der Waals surface area contributed by atoms with E-state index >= 15 is 0 Å². The number of hydrogen-bond donors (Lipinski definition) is 16. The Balaban J connectivity index is 1.14. The van der Waals surface area contributed by atoms with Gasteiger partial charge in [0, 0.05) is 28.3 Å². The van der Waals surface area contributed by atoms with Gasteiger partial charge in [-0.3, -0.25) is 4.79 Å². The van der Waals surface area contributed by atoms with Crippen molar-refractivity contribution >= 4 is 42.1 Å². The Morgan fingerprint density at radius 1 is 0.551 bits per heavy atom. The zero-order valence-electron chi connectivity index (χ0n) is 38.2. The highest BCUT2D eigenvalue weighted by Gasteiger charge is 2.52. The first-order valence-corrected chi connectivity index (χ1v) is 21.6. The number of benzene rings is 4. The van der Waals surface area contributed by atoms with E-state index in [4.69, 9.17) is 33.2 Å². The lowest BCUT2D eigenvalue weighted by Gasteiger charge is -2.39. The number of aliphatic hydroxyl groups excluding tert-OH is 4. The number of carbonyl (C=O) groups excluding carboxylic acids is 7. The molecule has 30 heteroatoms. The van der Waals surface area contributed by atoms with Crippen molar-refractivity contribution < 1.29 is 148 Å². The molecule has 404 valence electrons. The van der Waals surface area contributed by atoms with Gasteiger partial charge < -0.3 is 115 Å². The molecule has 0 spiro atoms. The summed E-state index contributed by atoms with van der Waals surface area (Å²) in [6, 6.07) is 1.92. The highest BCUT2D eigenvalue weighted by molar-refractivity contribution is 6.09. The van der Waals surface area contributed by atoms with Gasteiger partial charge in [0.2, 0.25) is 23.0 Å². The molecule has 0 aromatic heterocycles. The van der Waals surface area contributed by atoms with Crippen molar-refractivity contribution in [2.24, 2.45) is 0 Å². The molecule has 9 rings (SSSR count). The highest BCUT2D eigenvalue weighted by Crippen LogP contribution is 2.54. The largest absolute Gasteiger partial charge is 0.505 e. The fraction of sp³-hybridized carbons (Fsp3) is 0.146. The number of ether oxygens (including phenoxy) is 7. The van der Waals surface area contributed by atoms with Crippen LogP contribution in [0.2, 0.25) is 0 Å². The minimum absolute atomic E-state index is 0.253. The fourth-order valence-electron chi connectivity index (χ4n) is 8.54. The zero-order chi connectivity index (χ0) is 56.8. The van der Waals surface area contributed by atoms with Crippen LogP contribution < -0.4 is 4.74 Å². The van der Waals surface area contributed by atoms with Crippen LogP contribution >= 0.6 is 0 Å². The third-order valence-corrected chi connectivity index (χ3v) is 12.3. The summed E-state index contributed by atoms with van der Waals surface area (Å²) < 4.78 is 37.4. The molecule has 2 aliphatic carbocycles. The number of allylic oxidation sites excluding steroid dienone is 2. The van der Waals surface area contributed by atoms with Crippen molar-refractivity contribution in [1.29, 1.82) is 0 Å². The third kappa shape index (κ3) is 8.17. The topological polar surface area (TPSA) is 508 Å². The number of aliphatic hydroxyl groups is 4. The van der Waals surface area contributed by atoms with E-state index in [0.717, 1.165) is 6.08 Å². The summed E-state index contributed by atoms with van der Waals surface area (Å²) in [7, 11) is 0. The van der Waals surface area contributed by atoms with Crippen molar-refractivity contribution in [2.75, 3.05) is 6.61 Å². The van der Waals surface area contributed by atoms with Gasteiger partial charge in [-0.1, -0.05) is 0 Å². The Bertz CT molecular complexity index is 3590. The second kappa shape index (κ2) is 18.6. The van der Waals surface area contributed by atoms with Crippen LogP contribution in [-0.4, -0.2) is 167 Å². The molecule has 4 aromatic rings. The van der Waals surface area contributed by atoms with Crippen LogP contribution in [0.3, 0.4) is 0 Å². The summed E-state index contributed by atoms with van der Waals surface area (Å²) in [5.74, 6) is -31.8. The Morgan fingerprint density at radius 2 is 1.05 bits per heavy atom. The molecule has 6 unspecified atom stereocenters. The minimum atomic E-state index is -2.87. The average Bonchev–Trinajstić information content (AvgIpc) is 3.61. The first-order chi connectivity index (χ1) is 36.7. The first-order valence-electron chi connectivity index (χ1n) is 21.6. The number of aromatic hydroxyl groups is 12. The van der Waals surface area contributed by atoms with Gasteiger partial charge in [-0.2, -0.15) is 0 Å². The maximum atomic E-state index is 14.4.